The third-order valence-corrected chi connectivity index (χ3v) is 4.60. The lowest BCUT2D eigenvalue weighted by molar-refractivity contribution is 0.0000749. The average Bonchev–Trinajstić information content (AvgIpc) is 2.47. The molecule has 0 aromatic heterocycles. The molecule has 2 aliphatic rings. The lowest BCUT2D eigenvalue weighted by atomic mass is 9.83. The van der Waals surface area contributed by atoms with Gasteiger partial charge in [-0.1, -0.05) is 6.08 Å². The maximum atomic E-state index is 14.1. The molecule has 3 nitrogen and oxygen atoms in total. The highest BCUT2D eigenvalue weighted by Gasteiger charge is 2.39. The second-order valence-electron chi connectivity index (χ2n) is 7.68. The summed E-state index contributed by atoms with van der Waals surface area (Å²) in [6, 6.07) is 1.13. The molecule has 0 N–H and O–H groups in total. The van der Waals surface area contributed by atoms with Crippen LogP contribution in [0.1, 0.15) is 52.0 Å². The van der Waals surface area contributed by atoms with Gasteiger partial charge < -0.3 is 4.74 Å². The van der Waals surface area contributed by atoms with Crippen LogP contribution in [0.25, 0.3) is 5.57 Å². The zero-order valence-corrected chi connectivity index (χ0v) is 14.6. The summed E-state index contributed by atoms with van der Waals surface area (Å²) in [5, 5.41) is 0. The van der Waals surface area contributed by atoms with Crippen molar-refractivity contribution in [2.24, 2.45) is 0 Å². The van der Waals surface area contributed by atoms with E-state index in [0.717, 1.165) is 25.3 Å². The van der Waals surface area contributed by atoms with Gasteiger partial charge >= 0.3 is 6.09 Å². The van der Waals surface area contributed by atoms with Crippen molar-refractivity contribution < 1.29 is 22.7 Å². The molecular formula is C19H22F3NO2. The van der Waals surface area contributed by atoms with Crippen LogP contribution in [-0.2, 0) is 4.74 Å². The first-order valence-corrected chi connectivity index (χ1v) is 8.52. The normalized spacial score (nSPS) is 23.3. The molecule has 0 saturated carbocycles. The lowest BCUT2D eigenvalue weighted by Crippen LogP contribution is -2.53. The maximum Gasteiger partial charge on any atom is 0.411 e. The SMILES string of the molecule is CC(C)(C)OC(=O)N1C2C=C(c3cc(F)c(F)cc3F)CC1CCC2. The van der Waals surface area contributed by atoms with E-state index in [0.29, 0.717) is 18.1 Å². The molecule has 2 aliphatic heterocycles. The van der Waals surface area contributed by atoms with Crippen LogP contribution >= 0.6 is 0 Å². The first kappa shape index (κ1) is 17.8. The Labute approximate surface area is 145 Å². The number of amides is 1. The minimum Gasteiger partial charge on any atom is -0.444 e. The van der Waals surface area contributed by atoms with E-state index in [4.69, 9.17) is 4.74 Å². The van der Waals surface area contributed by atoms with Gasteiger partial charge in [0.2, 0.25) is 0 Å². The summed E-state index contributed by atoms with van der Waals surface area (Å²) in [4.78, 5) is 14.2. The molecule has 2 atom stereocenters. The standard InChI is InChI=1S/C19H22F3NO2/c1-19(2,3)25-18(24)23-12-5-4-6-13(23)8-11(7-12)14-9-16(21)17(22)10-15(14)20/h7,9-10,12-13H,4-6,8H2,1-3H3. The monoisotopic (exact) mass is 353 g/mol. The van der Waals surface area contributed by atoms with Gasteiger partial charge in [-0.25, -0.2) is 18.0 Å². The predicted molar refractivity (Wildman–Crippen MR) is 88.4 cm³/mol. The number of rotatable bonds is 1. The largest absolute Gasteiger partial charge is 0.444 e. The molecule has 2 unspecified atom stereocenters. The number of halogens is 3. The van der Waals surface area contributed by atoms with E-state index in [-0.39, 0.29) is 23.7 Å². The summed E-state index contributed by atoms with van der Waals surface area (Å²) < 4.78 is 46.3. The van der Waals surface area contributed by atoms with Crippen molar-refractivity contribution in [2.75, 3.05) is 0 Å². The van der Waals surface area contributed by atoms with Crippen LogP contribution in [0.2, 0.25) is 0 Å². The number of hydrogen-bond acceptors (Lipinski definition) is 2. The van der Waals surface area contributed by atoms with Crippen molar-refractivity contribution in [2.45, 2.75) is 64.1 Å². The molecule has 0 aliphatic carbocycles. The van der Waals surface area contributed by atoms with Crippen molar-refractivity contribution in [1.82, 2.24) is 4.90 Å². The van der Waals surface area contributed by atoms with Gasteiger partial charge in [-0.15, -0.1) is 0 Å². The van der Waals surface area contributed by atoms with Gasteiger partial charge in [0.25, 0.3) is 0 Å². The molecule has 1 aromatic carbocycles. The van der Waals surface area contributed by atoms with Crippen molar-refractivity contribution >= 4 is 11.7 Å². The Morgan fingerprint density at radius 3 is 2.44 bits per heavy atom. The molecule has 6 heteroatoms. The van der Waals surface area contributed by atoms with E-state index in [9.17, 15) is 18.0 Å². The van der Waals surface area contributed by atoms with Gasteiger partial charge in [0.15, 0.2) is 11.6 Å². The summed E-state index contributed by atoms with van der Waals surface area (Å²) in [5.74, 6) is -3.06. The topological polar surface area (TPSA) is 29.5 Å². The number of carbonyl (C=O) groups excluding carboxylic acids is 1. The van der Waals surface area contributed by atoms with E-state index in [2.05, 4.69) is 0 Å². The van der Waals surface area contributed by atoms with Crippen molar-refractivity contribution in [3.63, 3.8) is 0 Å². The Balaban J connectivity index is 1.92. The molecule has 3 rings (SSSR count). The summed E-state index contributed by atoms with van der Waals surface area (Å²) in [5.41, 5.74) is 0.0900. The number of ether oxygens (including phenoxy) is 1. The molecule has 2 heterocycles. The molecule has 25 heavy (non-hydrogen) atoms. The van der Waals surface area contributed by atoms with Crippen LogP contribution in [0.4, 0.5) is 18.0 Å². The molecule has 1 amide bonds. The van der Waals surface area contributed by atoms with Gasteiger partial charge in [0.05, 0.1) is 6.04 Å². The Hall–Kier alpha value is -1.98. The van der Waals surface area contributed by atoms with Crippen LogP contribution in [0.3, 0.4) is 0 Å². The molecule has 136 valence electrons. The van der Waals surface area contributed by atoms with Gasteiger partial charge in [0.1, 0.15) is 11.4 Å². The maximum absolute atomic E-state index is 14.1. The number of nitrogens with zero attached hydrogens (tertiary/aromatic N) is 1. The summed E-state index contributed by atoms with van der Waals surface area (Å²) >= 11 is 0. The number of fused-ring (bicyclic) bond motifs is 2. The van der Waals surface area contributed by atoms with Crippen LogP contribution in [-0.4, -0.2) is 28.7 Å². The van der Waals surface area contributed by atoms with E-state index >= 15 is 0 Å². The number of carbonyl (C=O) groups is 1. The van der Waals surface area contributed by atoms with Crippen LogP contribution < -0.4 is 0 Å². The van der Waals surface area contributed by atoms with Gasteiger partial charge in [-0.3, -0.25) is 4.90 Å². The Morgan fingerprint density at radius 1 is 1.12 bits per heavy atom. The minimum atomic E-state index is -1.20. The van der Waals surface area contributed by atoms with E-state index in [1.165, 1.54) is 0 Å². The second kappa shape index (κ2) is 6.39. The molecule has 1 saturated heterocycles. The molecular weight excluding hydrogens is 331 g/mol. The highest BCUT2D eigenvalue weighted by atomic mass is 19.2. The first-order chi connectivity index (χ1) is 11.7. The lowest BCUT2D eigenvalue weighted by Gasteiger charge is -2.45. The van der Waals surface area contributed by atoms with Crippen LogP contribution in [0.15, 0.2) is 18.2 Å². The van der Waals surface area contributed by atoms with Gasteiger partial charge in [-0.2, -0.15) is 0 Å². The minimum absolute atomic E-state index is 0.0691. The number of benzene rings is 1. The van der Waals surface area contributed by atoms with Crippen molar-refractivity contribution in [3.8, 4) is 0 Å². The fourth-order valence-corrected chi connectivity index (χ4v) is 3.60. The number of hydrogen-bond donors (Lipinski definition) is 0. The third kappa shape index (κ3) is 3.67. The van der Waals surface area contributed by atoms with Crippen LogP contribution in [0, 0.1) is 17.5 Å². The van der Waals surface area contributed by atoms with Crippen molar-refractivity contribution in [1.29, 1.82) is 0 Å². The quantitative estimate of drug-likeness (QED) is 0.661. The third-order valence-electron chi connectivity index (χ3n) is 4.60. The highest BCUT2D eigenvalue weighted by molar-refractivity contribution is 5.75. The number of piperidine rings is 1. The van der Waals surface area contributed by atoms with Gasteiger partial charge in [-0.05, 0) is 58.1 Å². The first-order valence-electron chi connectivity index (χ1n) is 8.52. The van der Waals surface area contributed by atoms with E-state index in [1.807, 2.05) is 20.8 Å². The molecule has 1 fully saturated rings. The molecule has 2 bridgehead atoms. The van der Waals surface area contributed by atoms with E-state index < -0.39 is 23.1 Å². The zero-order valence-electron chi connectivity index (χ0n) is 14.6. The van der Waals surface area contributed by atoms with Crippen LogP contribution in [0.5, 0.6) is 0 Å². The Kier molecular flexibility index (Phi) is 4.56. The summed E-state index contributed by atoms with van der Waals surface area (Å²) in [6.45, 7) is 5.42. The second-order valence-corrected chi connectivity index (χ2v) is 7.68. The highest BCUT2D eigenvalue weighted by Crippen LogP contribution is 2.38. The summed E-state index contributed by atoms with van der Waals surface area (Å²) in [6.07, 6.45) is 4.28. The zero-order chi connectivity index (χ0) is 18.4. The van der Waals surface area contributed by atoms with E-state index in [1.54, 1.807) is 11.0 Å². The fraction of sp³-hybridized carbons (Fsp3) is 0.526. The van der Waals surface area contributed by atoms with Gasteiger partial charge in [0, 0.05) is 17.7 Å². The van der Waals surface area contributed by atoms with Crippen molar-refractivity contribution in [3.05, 3.63) is 41.2 Å². The Morgan fingerprint density at radius 2 is 1.80 bits per heavy atom. The Bertz CT molecular complexity index is 724. The average molecular weight is 353 g/mol. The molecule has 1 aromatic rings. The smallest absolute Gasteiger partial charge is 0.411 e. The predicted octanol–water partition coefficient (Wildman–Crippen LogP) is 5.05. The molecule has 0 spiro atoms. The summed E-state index contributed by atoms with van der Waals surface area (Å²) in [7, 11) is 0. The molecule has 0 radical (unpaired) electrons. The fourth-order valence-electron chi connectivity index (χ4n) is 3.60.